The van der Waals surface area contributed by atoms with Crippen LogP contribution in [0.2, 0.25) is 0 Å². The third-order valence-corrected chi connectivity index (χ3v) is 3.40. The van der Waals surface area contributed by atoms with E-state index in [1.165, 1.54) is 31.5 Å². The zero-order valence-electron chi connectivity index (χ0n) is 10.3. The van der Waals surface area contributed by atoms with Gasteiger partial charge in [0.25, 0.3) is 0 Å². The lowest BCUT2D eigenvalue weighted by Crippen LogP contribution is -2.39. The predicted molar refractivity (Wildman–Crippen MR) is 64.9 cm³/mol. The Balaban J connectivity index is 1.99. The number of rotatable bonds is 3. The maximum Gasteiger partial charge on any atom is 0.121 e. The third kappa shape index (κ3) is 2.66. The summed E-state index contributed by atoms with van der Waals surface area (Å²) in [5.74, 6) is 0.934. The standard InChI is InChI=1S/C13H22N2O/c1-13(2)5-3-6-15(10-13)9-11-4-7-16-12(11)8-14/h4,7H,3,5-6,8-10,14H2,1-2H3. The van der Waals surface area contributed by atoms with Crippen LogP contribution >= 0.6 is 0 Å². The van der Waals surface area contributed by atoms with Crippen LogP contribution in [-0.4, -0.2) is 18.0 Å². The molecule has 0 atom stereocenters. The van der Waals surface area contributed by atoms with Crippen molar-refractivity contribution in [2.45, 2.75) is 39.8 Å². The van der Waals surface area contributed by atoms with Gasteiger partial charge in [0.15, 0.2) is 0 Å². The first-order valence-electron chi connectivity index (χ1n) is 6.08. The number of likely N-dealkylation sites (tertiary alicyclic amines) is 1. The maximum atomic E-state index is 5.64. The van der Waals surface area contributed by atoms with Crippen LogP contribution in [0.1, 0.15) is 38.0 Å². The molecule has 90 valence electrons. The number of nitrogens with zero attached hydrogens (tertiary/aromatic N) is 1. The fraction of sp³-hybridized carbons (Fsp3) is 0.692. The third-order valence-electron chi connectivity index (χ3n) is 3.40. The van der Waals surface area contributed by atoms with Crippen LogP contribution in [0.5, 0.6) is 0 Å². The number of hydrogen-bond acceptors (Lipinski definition) is 3. The molecule has 2 heterocycles. The minimum Gasteiger partial charge on any atom is -0.468 e. The molecule has 1 aliphatic rings. The molecule has 16 heavy (non-hydrogen) atoms. The molecular weight excluding hydrogens is 200 g/mol. The first-order valence-corrected chi connectivity index (χ1v) is 6.08. The van der Waals surface area contributed by atoms with Gasteiger partial charge in [0, 0.05) is 18.7 Å². The van der Waals surface area contributed by atoms with Crippen molar-refractivity contribution < 1.29 is 4.42 Å². The van der Waals surface area contributed by atoms with Gasteiger partial charge in [-0.05, 0) is 30.9 Å². The van der Waals surface area contributed by atoms with Crippen molar-refractivity contribution in [2.75, 3.05) is 13.1 Å². The van der Waals surface area contributed by atoms with E-state index >= 15 is 0 Å². The summed E-state index contributed by atoms with van der Waals surface area (Å²) in [5, 5.41) is 0. The van der Waals surface area contributed by atoms with E-state index in [2.05, 4.69) is 18.7 Å². The first kappa shape index (κ1) is 11.7. The fourth-order valence-electron chi connectivity index (χ4n) is 2.61. The van der Waals surface area contributed by atoms with Gasteiger partial charge in [0.2, 0.25) is 0 Å². The van der Waals surface area contributed by atoms with Crippen LogP contribution in [-0.2, 0) is 13.1 Å². The Morgan fingerprint density at radius 3 is 3.00 bits per heavy atom. The fourth-order valence-corrected chi connectivity index (χ4v) is 2.61. The molecule has 0 unspecified atom stereocenters. The van der Waals surface area contributed by atoms with Crippen molar-refractivity contribution in [3.8, 4) is 0 Å². The maximum absolute atomic E-state index is 5.64. The largest absolute Gasteiger partial charge is 0.468 e. The summed E-state index contributed by atoms with van der Waals surface area (Å²) in [6.45, 7) is 8.53. The number of piperidine rings is 1. The van der Waals surface area contributed by atoms with Gasteiger partial charge in [-0.2, -0.15) is 0 Å². The quantitative estimate of drug-likeness (QED) is 0.853. The number of furan rings is 1. The molecule has 2 rings (SSSR count). The Labute approximate surface area is 97.6 Å². The van der Waals surface area contributed by atoms with E-state index in [1.807, 2.05) is 6.07 Å². The van der Waals surface area contributed by atoms with Gasteiger partial charge < -0.3 is 10.2 Å². The average Bonchev–Trinajstić information content (AvgIpc) is 2.63. The molecule has 0 amide bonds. The summed E-state index contributed by atoms with van der Waals surface area (Å²) in [5.41, 5.74) is 7.34. The van der Waals surface area contributed by atoms with E-state index in [0.29, 0.717) is 12.0 Å². The van der Waals surface area contributed by atoms with Gasteiger partial charge in [-0.3, -0.25) is 4.90 Å². The molecule has 0 aromatic carbocycles. The van der Waals surface area contributed by atoms with Crippen LogP contribution in [0.25, 0.3) is 0 Å². The van der Waals surface area contributed by atoms with Crippen LogP contribution in [0.4, 0.5) is 0 Å². The monoisotopic (exact) mass is 222 g/mol. The molecule has 0 aliphatic carbocycles. The van der Waals surface area contributed by atoms with Crippen LogP contribution in [0.3, 0.4) is 0 Å². The molecule has 0 bridgehead atoms. The summed E-state index contributed by atoms with van der Waals surface area (Å²) in [6, 6.07) is 2.05. The molecule has 1 aromatic heterocycles. The Morgan fingerprint density at radius 2 is 2.31 bits per heavy atom. The molecule has 1 aromatic rings. The van der Waals surface area contributed by atoms with Crippen molar-refractivity contribution in [3.05, 3.63) is 23.7 Å². The molecule has 0 spiro atoms. The molecule has 0 saturated carbocycles. The van der Waals surface area contributed by atoms with Gasteiger partial charge in [-0.15, -0.1) is 0 Å². The number of hydrogen-bond donors (Lipinski definition) is 1. The Morgan fingerprint density at radius 1 is 1.50 bits per heavy atom. The SMILES string of the molecule is CC1(C)CCCN(Cc2ccoc2CN)C1. The van der Waals surface area contributed by atoms with Crippen molar-refractivity contribution in [1.29, 1.82) is 0 Å². The van der Waals surface area contributed by atoms with Crippen LogP contribution in [0, 0.1) is 5.41 Å². The van der Waals surface area contributed by atoms with Crippen molar-refractivity contribution in [2.24, 2.45) is 11.1 Å². The zero-order valence-corrected chi connectivity index (χ0v) is 10.3. The van der Waals surface area contributed by atoms with Gasteiger partial charge in [0.1, 0.15) is 5.76 Å². The summed E-state index contributed by atoms with van der Waals surface area (Å²) in [6.07, 6.45) is 4.37. The van der Waals surface area contributed by atoms with Crippen LogP contribution < -0.4 is 5.73 Å². The average molecular weight is 222 g/mol. The first-order chi connectivity index (χ1) is 7.61. The van der Waals surface area contributed by atoms with E-state index in [-0.39, 0.29) is 0 Å². The second-order valence-electron chi connectivity index (χ2n) is 5.55. The highest BCUT2D eigenvalue weighted by atomic mass is 16.3. The predicted octanol–water partition coefficient (Wildman–Crippen LogP) is 2.36. The molecule has 3 nitrogen and oxygen atoms in total. The normalized spacial score (nSPS) is 21.2. The lowest BCUT2D eigenvalue weighted by molar-refractivity contribution is 0.111. The summed E-state index contributed by atoms with van der Waals surface area (Å²) >= 11 is 0. The van der Waals surface area contributed by atoms with Crippen molar-refractivity contribution in [1.82, 2.24) is 4.90 Å². The minimum absolute atomic E-state index is 0.449. The molecule has 3 heteroatoms. The second-order valence-corrected chi connectivity index (χ2v) is 5.55. The topological polar surface area (TPSA) is 42.4 Å². The van der Waals surface area contributed by atoms with Gasteiger partial charge in [0.05, 0.1) is 12.8 Å². The van der Waals surface area contributed by atoms with Gasteiger partial charge in [-0.25, -0.2) is 0 Å². The molecule has 0 radical (unpaired) electrons. The van der Waals surface area contributed by atoms with Crippen molar-refractivity contribution in [3.63, 3.8) is 0 Å². The summed E-state index contributed by atoms with van der Waals surface area (Å²) < 4.78 is 5.36. The van der Waals surface area contributed by atoms with E-state index in [4.69, 9.17) is 10.2 Å². The molecule has 1 fully saturated rings. The van der Waals surface area contributed by atoms with E-state index < -0.39 is 0 Å². The lowest BCUT2D eigenvalue weighted by Gasteiger charge is -2.38. The van der Waals surface area contributed by atoms with E-state index in [0.717, 1.165) is 12.3 Å². The molecule has 1 saturated heterocycles. The van der Waals surface area contributed by atoms with Gasteiger partial charge in [-0.1, -0.05) is 13.8 Å². The minimum atomic E-state index is 0.449. The molecular formula is C13H22N2O. The van der Waals surface area contributed by atoms with E-state index in [9.17, 15) is 0 Å². The highest BCUT2D eigenvalue weighted by Crippen LogP contribution is 2.29. The Hall–Kier alpha value is -0.800. The highest BCUT2D eigenvalue weighted by Gasteiger charge is 2.26. The van der Waals surface area contributed by atoms with Crippen molar-refractivity contribution >= 4 is 0 Å². The zero-order chi connectivity index (χ0) is 11.6. The highest BCUT2D eigenvalue weighted by molar-refractivity contribution is 5.16. The van der Waals surface area contributed by atoms with Gasteiger partial charge >= 0.3 is 0 Å². The second kappa shape index (κ2) is 4.60. The summed E-state index contributed by atoms with van der Waals surface area (Å²) in [4.78, 5) is 2.51. The van der Waals surface area contributed by atoms with Crippen LogP contribution in [0.15, 0.2) is 16.7 Å². The van der Waals surface area contributed by atoms with E-state index in [1.54, 1.807) is 6.26 Å². The summed E-state index contributed by atoms with van der Waals surface area (Å²) in [7, 11) is 0. The molecule has 1 aliphatic heterocycles. The Bertz CT molecular complexity index is 343. The Kier molecular flexibility index (Phi) is 3.36. The lowest BCUT2D eigenvalue weighted by atomic mass is 9.84. The number of nitrogens with two attached hydrogens (primary N) is 1. The smallest absolute Gasteiger partial charge is 0.121 e. The molecule has 2 N–H and O–H groups in total.